The fourth-order valence-electron chi connectivity index (χ4n) is 7.00. The number of hydrogen-bond acceptors (Lipinski definition) is 10. The predicted molar refractivity (Wildman–Crippen MR) is 181 cm³/mol. The molecule has 4 aromatic rings. The van der Waals surface area contributed by atoms with Gasteiger partial charge >= 0.3 is 0 Å². The van der Waals surface area contributed by atoms with Crippen molar-refractivity contribution in [2.45, 2.75) is 44.0 Å². The van der Waals surface area contributed by atoms with E-state index >= 15 is 0 Å². The Kier molecular flexibility index (Phi) is 10.5. The maximum absolute atomic E-state index is 12.3. The molecule has 10 nitrogen and oxygen atoms in total. The van der Waals surface area contributed by atoms with Gasteiger partial charge in [0.2, 0.25) is 0 Å². The van der Waals surface area contributed by atoms with Crippen molar-refractivity contribution in [3.8, 4) is 28.7 Å². The van der Waals surface area contributed by atoms with Crippen LogP contribution >= 0.6 is 0 Å². The van der Waals surface area contributed by atoms with Crippen molar-refractivity contribution in [3.05, 3.63) is 101 Å². The summed E-state index contributed by atoms with van der Waals surface area (Å²) in [6, 6.07) is 20.5. The highest BCUT2D eigenvalue weighted by Gasteiger charge is 2.48. The molecule has 2 aliphatic rings. The van der Waals surface area contributed by atoms with Crippen molar-refractivity contribution in [2.24, 2.45) is 11.8 Å². The van der Waals surface area contributed by atoms with Crippen LogP contribution in [-0.2, 0) is 22.3 Å². The molecular weight excluding hydrogens is 612 g/mol. The van der Waals surface area contributed by atoms with Gasteiger partial charge < -0.3 is 44.4 Å². The monoisotopic (exact) mass is 656 g/mol. The highest BCUT2D eigenvalue weighted by molar-refractivity contribution is 5.52. The number of phenolic OH excluding ortho intramolecular Hbond substituents is 1. The molecular formula is C38H44N2O8. The third-order valence-corrected chi connectivity index (χ3v) is 9.30. The molecule has 6 rings (SSSR count). The van der Waals surface area contributed by atoms with Gasteiger partial charge in [0.05, 0.1) is 39.6 Å². The Balaban J connectivity index is 1.37. The summed E-state index contributed by atoms with van der Waals surface area (Å²) >= 11 is 0. The molecule has 4 N–H and O–H groups in total. The van der Waals surface area contributed by atoms with Crippen molar-refractivity contribution in [1.82, 2.24) is 4.98 Å². The molecule has 0 amide bonds. The van der Waals surface area contributed by atoms with Crippen LogP contribution in [0, 0.1) is 11.8 Å². The summed E-state index contributed by atoms with van der Waals surface area (Å²) in [4.78, 5) is 4.11. The second kappa shape index (κ2) is 15.1. The van der Waals surface area contributed by atoms with E-state index in [-0.39, 0.29) is 30.3 Å². The van der Waals surface area contributed by atoms with Gasteiger partial charge in [-0.1, -0.05) is 12.1 Å². The average molecular weight is 657 g/mol. The highest BCUT2D eigenvalue weighted by Crippen LogP contribution is 2.52. The normalized spacial score (nSPS) is 21.4. The van der Waals surface area contributed by atoms with Crippen molar-refractivity contribution < 1.29 is 38.6 Å². The van der Waals surface area contributed by atoms with E-state index in [2.05, 4.69) is 4.98 Å². The molecule has 254 valence electrons. The largest absolute Gasteiger partial charge is 0.508 e. The molecule has 0 saturated carbocycles. The van der Waals surface area contributed by atoms with E-state index in [9.17, 15) is 10.2 Å². The molecule has 48 heavy (non-hydrogen) atoms. The number of methoxy groups -OCH3 is 3. The number of pyridine rings is 1. The van der Waals surface area contributed by atoms with Crippen molar-refractivity contribution >= 4 is 5.82 Å². The van der Waals surface area contributed by atoms with Crippen LogP contribution < -0.4 is 24.7 Å². The smallest absolute Gasteiger partial charge is 0.128 e. The Morgan fingerprint density at radius 3 is 2.52 bits per heavy atom. The Morgan fingerprint density at radius 2 is 1.75 bits per heavy atom. The Morgan fingerprint density at radius 1 is 0.917 bits per heavy atom. The topological polar surface area (TPSA) is 135 Å². The summed E-state index contributed by atoms with van der Waals surface area (Å²) in [7, 11) is 4.94. The van der Waals surface area contributed by atoms with Gasteiger partial charge in [-0.2, -0.15) is 0 Å². The lowest BCUT2D eigenvalue weighted by atomic mass is 9.72. The number of hydrogen-bond donors (Lipinski definition) is 3. The molecule has 2 aliphatic heterocycles. The van der Waals surface area contributed by atoms with E-state index in [0.29, 0.717) is 61.1 Å². The number of aromatic nitrogens is 1. The van der Waals surface area contributed by atoms with Crippen LogP contribution in [0.4, 0.5) is 5.82 Å². The first-order valence-corrected chi connectivity index (χ1v) is 16.3. The standard InChI is InChI=1S/C38H44N2O8/c1-43-14-5-8-33-35(38(29-20-27(44-2)9-10-32(29)48-33)46-15-12-23-11-13-40-34(39)18-23)31-22-47-37-25(16-24-6-4-7-26(41)17-24)19-28(45-3)21-30(37)36(31)42/h4,6-7,9-11,13,17-21,31,33,35-36,38,41-42H,5,8,12,14-16,22H2,1-3H3,(H2,39,40)/t31-,33+,35-,36-,38+/m1/s1. The minimum Gasteiger partial charge on any atom is -0.508 e. The third kappa shape index (κ3) is 7.31. The van der Waals surface area contributed by atoms with Crippen LogP contribution in [0.15, 0.2) is 72.9 Å². The lowest BCUT2D eigenvalue weighted by molar-refractivity contribution is -0.112. The zero-order valence-corrected chi connectivity index (χ0v) is 27.6. The predicted octanol–water partition coefficient (Wildman–Crippen LogP) is 5.82. The summed E-state index contributed by atoms with van der Waals surface area (Å²) in [6.45, 7) is 1.25. The van der Waals surface area contributed by atoms with Gasteiger partial charge in [-0.15, -0.1) is 0 Å². The molecule has 0 aliphatic carbocycles. The fraction of sp³-hybridized carbons (Fsp3) is 0.395. The van der Waals surface area contributed by atoms with Crippen LogP contribution in [-0.4, -0.2) is 62.5 Å². The molecule has 0 bridgehead atoms. The van der Waals surface area contributed by atoms with Crippen LogP contribution in [0.1, 0.15) is 52.9 Å². The molecule has 3 aromatic carbocycles. The number of nitrogens with zero attached hydrogens (tertiary/aromatic N) is 1. The Labute approximate surface area is 281 Å². The Hall–Kier alpha value is -4.51. The number of benzene rings is 3. The van der Waals surface area contributed by atoms with E-state index in [0.717, 1.165) is 34.4 Å². The molecule has 0 radical (unpaired) electrons. The number of nitrogens with two attached hydrogens (primary N) is 1. The van der Waals surface area contributed by atoms with E-state index in [1.807, 2.05) is 54.6 Å². The number of aliphatic hydroxyl groups is 1. The average Bonchev–Trinajstić information content (AvgIpc) is 3.09. The van der Waals surface area contributed by atoms with Gasteiger partial charge in [0.15, 0.2) is 0 Å². The van der Waals surface area contributed by atoms with Crippen molar-refractivity contribution in [1.29, 1.82) is 0 Å². The third-order valence-electron chi connectivity index (χ3n) is 9.30. The van der Waals surface area contributed by atoms with E-state index < -0.39 is 12.2 Å². The number of ether oxygens (including phenoxy) is 6. The first-order chi connectivity index (χ1) is 23.4. The molecule has 3 heterocycles. The van der Waals surface area contributed by atoms with Gasteiger partial charge in [-0.3, -0.25) is 0 Å². The first kappa shape index (κ1) is 33.4. The number of nitrogen functional groups attached to an aromatic ring is 1. The summed E-state index contributed by atoms with van der Waals surface area (Å²) < 4.78 is 36.8. The van der Waals surface area contributed by atoms with Gasteiger partial charge in [0.25, 0.3) is 0 Å². The lowest BCUT2D eigenvalue weighted by Gasteiger charge is -2.46. The second-order valence-electron chi connectivity index (χ2n) is 12.4. The fourth-order valence-corrected chi connectivity index (χ4v) is 7.00. The maximum Gasteiger partial charge on any atom is 0.128 e. The number of rotatable bonds is 13. The number of aromatic hydroxyl groups is 1. The number of fused-ring (bicyclic) bond motifs is 2. The van der Waals surface area contributed by atoms with Gasteiger partial charge in [0.1, 0.15) is 40.7 Å². The molecule has 1 aromatic heterocycles. The summed E-state index contributed by atoms with van der Waals surface area (Å²) in [5.41, 5.74) is 10.3. The summed E-state index contributed by atoms with van der Waals surface area (Å²) in [5, 5.41) is 22.3. The lowest BCUT2D eigenvalue weighted by Crippen LogP contribution is -2.46. The number of aliphatic hydroxyl groups excluding tert-OH is 1. The minimum absolute atomic E-state index is 0.192. The SMILES string of the molecule is COCCC[C@@H]1Oc2ccc(OC)cc2[C@H](OCCc2ccnc(N)c2)[C@@H]1[C@H]1COc2c(Cc3cccc(O)c3)cc(OC)cc2[C@H]1O. The Bertz CT molecular complexity index is 1700. The summed E-state index contributed by atoms with van der Waals surface area (Å²) in [6.07, 6.45) is 2.67. The van der Waals surface area contributed by atoms with Gasteiger partial charge in [-0.05, 0) is 85.0 Å². The van der Waals surface area contributed by atoms with Crippen molar-refractivity contribution in [3.63, 3.8) is 0 Å². The van der Waals surface area contributed by atoms with Crippen LogP contribution in [0.2, 0.25) is 0 Å². The van der Waals surface area contributed by atoms with Crippen LogP contribution in [0.3, 0.4) is 0 Å². The molecule has 5 atom stereocenters. The number of anilines is 1. The zero-order chi connectivity index (χ0) is 33.6. The van der Waals surface area contributed by atoms with E-state index in [1.165, 1.54) is 0 Å². The molecule has 0 unspecified atom stereocenters. The van der Waals surface area contributed by atoms with Gasteiger partial charge in [0, 0.05) is 54.9 Å². The van der Waals surface area contributed by atoms with Crippen LogP contribution in [0.25, 0.3) is 0 Å². The summed E-state index contributed by atoms with van der Waals surface area (Å²) in [5.74, 6) is 2.65. The number of phenols is 1. The van der Waals surface area contributed by atoms with Gasteiger partial charge in [-0.25, -0.2) is 4.98 Å². The second-order valence-corrected chi connectivity index (χ2v) is 12.4. The minimum atomic E-state index is -0.899. The van der Waals surface area contributed by atoms with E-state index in [1.54, 1.807) is 39.7 Å². The first-order valence-electron chi connectivity index (χ1n) is 16.3. The molecule has 0 fully saturated rings. The van der Waals surface area contributed by atoms with E-state index in [4.69, 9.17) is 34.2 Å². The zero-order valence-electron chi connectivity index (χ0n) is 27.6. The molecule has 0 saturated heterocycles. The molecule has 10 heteroatoms. The maximum atomic E-state index is 12.3. The quantitative estimate of drug-likeness (QED) is 0.151. The molecule has 0 spiro atoms. The van der Waals surface area contributed by atoms with Crippen molar-refractivity contribution in [2.75, 3.05) is 46.9 Å². The highest BCUT2D eigenvalue weighted by atomic mass is 16.5. The van der Waals surface area contributed by atoms with Crippen LogP contribution in [0.5, 0.6) is 28.7 Å².